The molecule has 0 amide bonds. The van der Waals surface area contributed by atoms with E-state index in [1.165, 1.54) is 6.20 Å². The number of hydrogen-bond acceptors (Lipinski definition) is 5. The number of carboxylic acid groups (broad SMARTS) is 1. The highest BCUT2D eigenvalue weighted by Gasteiger charge is 2.09. The van der Waals surface area contributed by atoms with Crippen molar-refractivity contribution in [2.75, 3.05) is 5.32 Å². The quantitative estimate of drug-likeness (QED) is 0.869. The molecule has 0 saturated carbocycles. The van der Waals surface area contributed by atoms with Crippen molar-refractivity contribution in [2.45, 2.75) is 20.4 Å². The maximum atomic E-state index is 10.8. The lowest BCUT2D eigenvalue weighted by atomic mass is 10.2. The minimum absolute atomic E-state index is 0.110. The lowest BCUT2D eigenvalue weighted by Crippen LogP contribution is -2.09. The van der Waals surface area contributed by atoms with Gasteiger partial charge in [-0.1, -0.05) is 6.07 Å². The predicted molar refractivity (Wildman–Crippen MR) is 70.0 cm³/mol. The largest absolute Gasteiger partial charge is 0.478 e. The van der Waals surface area contributed by atoms with E-state index in [1.54, 1.807) is 6.92 Å². The number of carboxylic acids is 1. The molecule has 0 spiro atoms. The Hall–Kier alpha value is -2.50. The average Bonchev–Trinajstić information content (AvgIpc) is 2.36. The van der Waals surface area contributed by atoms with Crippen LogP contribution < -0.4 is 5.32 Å². The maximum Gasteiger partial charge on any atom is 0.339 e. The fourth-order valence-electron chi connectivity index (χ4n) is 1.63. The summed E-state index contributed by atoms with van der Waals surface area (Å²) < 4.78 is 0. The summed E-state index contributed by atoms with van der Waals surface area (Å²) in [6, 6.07) is 5.75. The first-order valence-electron chi connectivity index (χ1n) is 5.79. The van der Waals surface area contributed by atoms with Gasteiger partial charge in [0.1, 0.15) is 0 Å². The number of rotatable bonds is 4. The number of aryl methyl sites for hydroxylation is 2. The molecule has 6 heteroatoms. The molecule has 98 valence electrons. The van der Waals surface area contributed by atoms with Crippen LogP contribution in [0.2, 0.25) is 0 Å². The molecule has 0 atom stereocenters. The third-order valence-electron chi connectivity index (χ3n) is 2.58. The fourth-order valence-corrected chi connectivity index (χ4v) is 1.63. The van der Waals surface area contributed by atoms with Gasteiger partial charge in [0.05, 0.1) is 23.5 Å². The molecular weight excluding hydrogens is 244 g/mol. The molecular formula is C13H14N4O2. The molecule has 2 aromatic rings. The zero-order valence-electron chi connectivity index (χ0n) is 10.7. The zero-order chi connectivity index (χ0) is 13.8. The predicted octanol–water partition coefficient (Wildman–Crippen LogP) is 1.80. The van der Waals surface area contributed by atoms with Gasteiger partial charge in [-0.15, -0.1) is 0 Å². The standard InChI is InChI=1S/C13H14N4O2/c1-8-4-3-5-10(16-8)6-14-13-15-7-11(12(18)19)9(2)17-13/h3-5,7H,6H2,1-2H3,(H,18,19)(H,14,15,17). The van der Waals surface area contributed by atoms with Crippen LogP contribution in [0.3, 0.4) is 0 Å². The van der Waals surface area contributed by atoms with Crippen molar-refractivity contribution < 1.29 is 9.90 Å². The number of pyridine rings is 1. The number of nitrogens with one attached hydrogen (secondary N) is 1. The number of carbonyl (C=O) groups is 1. The van der Waals surface area contributed by atoms with Crippen LogP contribution >= 0.6 is 0 Å². The van der Waals surface area contributed by atoms with Crippen LogP contribution in [0.15, 0.2) is 24.4 Å². The SMILES string of the molecule is Cc1cccc(CNc2ncc(C(=O)O)c(C)n2)n1. The number of anilines is 1. The van der Waals surface area contributed by atoms with Crippen molar-refractivity contribution in [3.8, 4) is 0 Å². The van der Waals surface area contributed by atoms with E-state index in [1.807, 2.05) is 25.1 Å². The summed E-state index contributed by atoms with van der Waals surface area (Å²) in [5, 5.41) is 11.9. The van der Waals surface area contributed by atoms with E-state index in [0.29, 0.717) is 18.2 Å². The Morgan fingerprint density at radius 2 is 2.11 bits per heavy atom. The van der Waals surface area contributed by atoms with Gasteiger partial charge in [0, 0.05) is 11.9 Å². The van der Waals surface area contributed by atoms with Gasteiger partial charge in [0.25, 0.3) is 0 Å². The van der Waals surface area contributed by atoms with E-state index < -0.39 is 5.97 Å². The van der Waals surface area contributed by atoms with E-state index >= 15 is 0 Å². The Morgan fingerprint density at radius 1 is 1.32 bits per heavy atom. The van der Waals surface area contributed by atoms with E-state index in [4.69, 9.17) is 5.11 Å². The highest BCUT2D eigenvalue weighted by Crippen LogP contribution is 2.08. The van der Waals surface area contributed by atoms with Crippen LogP contribution in [0.25, 0.3) is 0 Å². The van der Waals surface area contributed by atoms with Crippen LogP contribution in [0.1, 0.15) is 27.4 Å². The minimum Gasteiger partial charge on any atom is -0.478 e. The third-order valence-corrected chi connectivity index (χ3v) is 2.58. The molecule has 6 nitrogen and oxygen atoms in total. The minimum atomic E-state index is -1.02. The summed E-state index contributed by atoms with van der Waals surface area (Å²) in [5.41, 5.74) is 2.36. The van der Waals surface area contributed by atoms with Crippen LogP contribution in [0.5, 0.6) is 0 Å². The van der Waals surface area contributed by atoms with Crippen molar-refractivity contribution >= 4 is 11.9 Å². The van der Waals surface area contributed by atoms with Crippen molar-refractivity contribution in [1.82, 2.24) is 15.0 Å². The van der Waals surface area contributed by atoms with E-state index in [2.05, 4.69) is 20.3 Å². The second kappa shape index (κ2) is 5.43. The molecule has 0 bridgehead atoms. The summed E-state index contributed by atoms with van der Waals surface area (Å²) in [7, 11) is 0. The molecule has 19 heavy (non-hydrogen) atoms. The number of nitrogens with zero attached hydrogens (tertiary/aromatic N) is 3. The van der Waals surface area contributed by atoms with Gasteiger partial charge in [-0.25, -0.2) is 14.8 Å². The number of aromatic nitrogens is 3. The lowest BCUT2D eigenvalue weighted by molar-refractivity contribution is 0.0695. The van der Waals surface area contributed by atoms with Crippen molar-refractivity contribution in [3.05, 3.63) is 47.0 Å². The summed E-state index contributed by atoms with van der Waals surface area (Å²) in [5.74, 6) is -0.629. The monoisotopic (exact) mass is 258 g/mol. The lowest BCUT2D eigenvalue weighted by Gasteiger charge is -2.06. The molecule has 2 rings (SSSR count). The summed E-state index contributed by atoms with van der Waals surface area (Å²) >= 11 is 0. The molecule has 2 heterocycles. The van der Waals surface area contributed by atoms with Crippen LogP contribution in [0, 0.1) is 13.8 Å². The van der Waals surface area contributed by atoms with E-state index in [-0.39, 0.29) is 5.56 Å². The molecule has 2 N–H and O–H groups in total. The van der Waals surface area contributed by atoms with E-state index in [0.717, 1.165) is 11.4 Å². The highest BCUT2D eigenvalue weighted by molar-refractivity contribution is 5.88. The van der Waals surface area contributed by atoms with Crippen molar-refractivity contribution in [3.63, 3.8) is 0 Å². The molecule has 0 aliphatic heterocycles. The topological polar surface area (TPSA) is 88.0 Å². The normalized spacial score (nSPS) is 10.2. The van der Waals surface area contributed by atoms with Gasteiger partial charge in [0.2, 0.25) is 5.95 Å². The van der Waals surface area contributed by atoms with Gasteiger partial charge >= 0.3 is 5.97 Å². The zero-order valence-corrected chi connectivity index (χ0v) is 10.7. The van der Waals surface area contributed by atoms with Crippen LogP contribution in [0.4, 0.5) is 5.95 Å². The molecule has 0 fully saturated rings. The molecule has 0 aromatic carbocycles. The third kappa shape index (κ3) is 3.25. The first-order chi connectivity index (χ1) is 9.06. The Bertz CT molecular complexity index is 613. The molecule has 2 aromatic heterocycles. The second-order valence-electron chi connectivity index (χ2n) is 4.12. The molecule has 0 aliphatic rings. The maximum absolute atomic E-state index is 10.8. The Morgan fingerprint density at radius 3 is 2.74 bits per heavy atom. The van der Waals surface area contributed by atoms with Gasteiger partial charge in [-0.3, -0.25) is 4.98 Å². The van der Waals surface area contributed by atoms with E-state index in [9.17, 15) is 4.79 Å². The average molecular weight is 258 g/mol. The first kappa shape index (κ1) is 12.9. The molecule has 0 radical (unpaired) electrons. The number of hydrogen-bond donors (Lipinski definition) is 2. The van der Waals surface area contributed by atoms with Gasteiger partial charge in [-0.05, 0) is 26.0 Å². The van der Waals surface area contributed by atoms with Crippen LogP contribution in [-0.4, -0.2) is 26.0 Å². The smallest absolute Gasteiger partial charge is 0.339 e. The summed E-state index contributed by atoms with van der Waals surface area (Å²) in [4.78, 5) is 23.3. The van der Waals surface area contributed by atoms with Gasteiger partial charge in [-0.2, -0.15) is 0 Å². The Kier molecular flexibility index (Phi) is 3.70. The fraction of sp³-hybridized carbons (Fsp3) is 0.231. The van der Waals surface area contributed by atoms with Gasteiger partial charge in [0.15, 0.2) is 0 Å². The summed E-state index contributed by atoms with van der Waals surface area (Å²) in [6.45, 7) is 4.06. The van der Waals surface area contributed by atoms with Crippen molar-refractivity contribution in [2.24, 2.45) is 0 Å². The molecule has 0 saturated heterocycles. The Labute approximate surface area is 110 Å². The van der Waals surface area contributed by atoms with Crippen LogP contribution in [-0.2, 0) is 6.54 Å². The second-order valence-corrected chi connectivity index (χ2v) is 4.12. The molecule has 0 unspecified atom stereocenters. The van der Waals surface area contributed by atoms with Gasteiger partial charge < -0.3 is 10.4 Å². The first-order valence-corrected chi connectivity index (χ1v) is 5.79. The summed E-state index contributed by atoms with van der Waals surface area (Å²) in [6.07, 6.45) is 1.30. The Balaban J connectivity index is 2.08. The number of aromatic carboxylic acids is 1. The highest BCUT2D eigenvalue weighted by atomic mass is 16.4. The molecule has 0 aliphatic carbocycles. The van der Waals surface area contributed by atoms with Crippen molar-refractivity contribution in [1.29, 1.82) is 0 Å².